The third-order valence-electron chi connectivity index (χ3n) is 2.38. The number of thiol groups is 1. The van der Waals surface area contributed by atoms with Gasteiger partial charge in [0.05, 0.1) is 0 Å². The van der Waals surface area contributed by atoms with Crippen molar-refractivity contribution >= 4 is 12.8 Å². The third-order valence-corrected chi connectivity index (χ3v) is 2.72. The van der Waals surface area contributed by atoms with Gasteiger partial charge >= 0.3 is 0 Å². The van der Waals surface area contributed by atoms with Crippen molar-refractivity contribution in [1.82, 2.24) is 4.31 Å². The molecule has 2 rings (SSSR count). The van der Waals surface area contributed by atoms with Crippen molar-refractivity contribution in [2.24, 2.45) is 5.41 Å². The number of terminal acetylenes is 2. The molecule has 1 spiro atoms. The number of hydrogen-bond acceptors (Lipinski definition) is 2. The molecular formula is C10H15NS. The zero-order chi connectivity index (χ0) is 9.61. The topological polar surface area (TPSA) is 3.24 Å². The monoisotopic (exact) mass is 181 g/mol. The van der Waals surface area contributed by atoms with Crippen LogP contribution in [-0.4, -0.2) is 17.4 Å². The summed E-state index contributed by atoms with van der Waals surface area (Å²) >= 11 is 4.28. The Morgan fingerprint density at radius 1 is 1.00 bits per heavy atom. The highest BCUT2D eigenvalue weighted by molar-refractivity contribution is 7.77. The maximum absolute atomic E-state index is 4.28. The molecule has 0 aromatic carbocycles. The van der Waals surface area contributed by atoms with E-state index in [1.807, 2.05) is 0 Å². The van der Waals surface area contributed by atoms with Gasteiger partial charge in [0.15, 0.2) is 0 Å². The smallest absolute Gasteiger partial charge is 0.0144 e. The van der Waals surface area contributed by atoms with Crippen molar-refractivity contribution in [1.29, 1.82) is 0 Å². The van der Waals surface area contributed by atoms with E-state index in [4.69, 9.17) is 0 Å². The minimum absolute atomic E-state index is 0.766. The second-order valence-corrected chi connectivity index (χ2v) is 3.70. The van der Waals surface area contributed by atoms with E-state index >= 15 is 0 Å². The lowest BCUT2D eigenvalue weighted by molar-refractivity contribution is 0.515. The summed E-state index contributed by atoms with van der Waals surface area (Å²) in [7, 11) is 0. The lowest BCUT2D eigenvalue weighted by atomic mass is 10.1. The summed E-state index contributed by atoms with van der Waals surface area (Å²) in [5.74, 6) is 0. The van der Waals surface area contributed by atoms with Crippen molar-refractivity contribution in [2.45, 2.75) is 19.3 Å². The third kappa shape index (κ3) is 2.81. The van der Waals surface area contributed by atoms with Crippen molar-refractivity contribution in [3.63, 3.8) is 0 Å². The van der Waals surface area contributed by atoms with Gasteiger partial charge in [-0.15, -0.1) is 25.7 Å². The predicted octanol–water partition coefficient (Wildman–Crippen LogP) is 1.82. The Kier molecular flexibility index (Phi) is 4.90. The highest BCUT2D eigenvalue weighted by Crippen LogP contribution is 2.52. The average Bonchev–Trinajstić information content (AvgIpc) is 2.79. The summed E-state index contributed by atoms with van der Waals surface area (Å²) in [5.41, 5.74) is 0.766. The van der Waals surface area contributed by atoms with E-state index in [0.29, 0.717) is 0 Å². The first-order chi connectivity index (χ1) is 5.81. The maximum atomic E-state index is 4.28. The average molecular weight is 181 g/mol. The molecule has 2 heteroatoms. The second kappa shape index (κ2) is 5.14. The molecule has 0 atom stereocenters. The number of rotatable bonds is 0. The summed E-state index contributed by atoms with van der Waals surface area (Å²) in [5, 5.41) is 0. The molecule has 0 aromatic heterocycles. The van der Waals surface area contributed by atoms with Crippen LogP contribution in [0.2, 0.25) is 0 Å². The summed E-state index contributed by atoms with van der Waals surface area (Å²) < 4.78 is 2.15. The fourth-order valence-electron chi connectivity index (χ4n) is 1.50. The van der Waals surface area contributed by atoms with E-state index in [-0.39, 0.29) is 0 Å². The first-order valence-electron chi connectivity index (χ1n) is 3.91. The van der Waals surface area contributed by atoms with E-state index in [1.54, 1.807) is 0 Å². The van der Waals surface area contributed by atoms with Gasteiger partial charge in [0.1, 0.15) is 0 Å². The molecular weight excluding hydrogens is 166 g/mol. The molecule has 1 saturated heterocycles. The Bertz CT molecular complexity index is 161. The Hall–Kier alpha value is -0.570. The number of hydrogen-bond donors (Lipinski definition) is 1. The first kappa shape index (κ1) is 11.4. The van der Waals surface area contributed by atoms with E-state index in [9.17, 15) is 0 Å². The zero-order valence-corrected chi connectivity index (χ0v) is 8.13. The van der Waals surface area contributed by atoms with Crippen molar-refractivity contribution in [2.75, 3.05) is 13.1 Å². The van der Waals surface area contributed by atoms with Gasteiger partial charge < -0.3 is 0 Å². The fourth-order valence-corrected chi connectivity index (χ4v) is 1.90. The Morgan fingerprint density at radius 2 is 1.50 bits per heavy atom. The lowest BCUT2D eigenvalue weighted by Gasteiger charge is -2.03. The largest absolute Gasteiger partial charge is 0.253 e. The molecule has 0 amide bonds. The van der Waals surface area contributed by atoms with Crippen LogP contribution in [-0.2, 0) is 0 Å². The predicted molar refractivity (Wildman–Crippen MR) is 56.6 cm³/mol. The van der Waals surface area contributed by atoms with Crippen LogP contribution in [0.5, 0.6) is 0 Å². The minimum atomic E-state index is 0.766. The van der Waals surface area contributed by atoms with Crippen LogP contribution in [0.25, 0.3) is 0 Å². The Morgan fingerprint density at radius 3 is 1.67 bits per heavy atom. The van der Waals surface area contributed by atoms with Crippen LogP contribution in [0.3, 0.4) is 0 Å². The maximum Gasteiger partial charge on any atom is 0.0144 e. The zero-order valence-electron chi connectivity index (χ0n) is 7.24. The van der Waals surface area contributed by atoms with Crippen molar-refractivity contribution < 1.29 is 0 Å². The van der Waals surface area contributed by atoms with Gasteiger partial charge in [0.2, 0.25) is 0 Å². The standard InChI is InChI=1S/C6H11NS.2C2H2/c8-7-4-3-6(5-7)1-2-6;2*1-2/h8H,1-5H2;2*1-2H. The van der Waals surface area contributed by atoms with E-state index in [2.05, 4.69) is 42.8 Å². The normalized spacial score (nSPS) is 23.1. The molecule has 2 fully saturated rings. The number of nitrogens with zero attached hydrogens (tertiary/aromatic N) is 1. The van der Waals surface area contributed by atoms with Gasteiger partial charge in [0, 0.05) is 13.1 Å². The summed E-state index contributed by atoms with van der Waals surface area (Å²) in [4.78, 5) is 0. The molecule has 12 heavy (non-hydrogen) atoms. The van der Waals surface area contributed by atoms with Crippen LogP contribution >= 0.6 is 12.8 Å². The van der Waals surface area contributed by atoms with Crippen LogP contribution in [0.1, 0.15) is 19.3 Å². The molecule has 2 aliphatic rings. The van der Waals surface area contributed by atoms with E-state index < -0.39 is 0 Å². The lowest BCUT2D eigenvalue weighted by Crippen LogP contribution is -2.07. The molecule has 1 aliphatic carbocycles. The SMILES string of the molecule is C#C.C#C.SN1CCC2(CC2)C1. The van der Waals surface area contributed by atoms with Crippen LogP contribution in [0.15, 0.2) is 0 Å². The highest BCUT2D eigenvalue weighted by Gasteiger charge is 2.46. The molecule has 0 bridgehead atoms. The van der Waals surface area contributed by atoms with Gasteiger partial charge in [-0.2, -0.15) is 0 Å². The first-order valence-corrected chi connectivity index (χ1v) is 4.31. The molecule has 0 aromatic rings. The van der Waals surface area contributed by atoms with E-state index in [1.165, 1.54) is 32.4 Å². The minimum Gasteiger partial charge on any atom is -0.253 e. The van der Waals surface area contributed by atoms with Crippen LogP contribution in [0, 0.1) is 31.1 Å². The molecule has 0 unspecified atom stereocenters. The molecule has 66 valence electrons. The second-order valence-electron chi connectivity index (χ2n) is 3.14. The molecule has 1 aliphatic heterocycles. The van der Waals surface area contributed by atoms with Crippen molar-refractivity contribution in [3.8, 4) is 25.7 Å². The van der Waals surface area contributed by atoms with Gasteiger partial charge in [-0.25, -0.2) is 0 Å². The highest BCUT2D eigenvalue weighted by atomic mass is 32.1. The molecule has 1 saturated carbocycles. The van der Waals surface area contributed by atoms with Gasteiger partial charge in [-0.05, 0) is 24.7 Å². The molecule has 0 radical (unpaired) electrons. The Balaban J connectivity index is 0.000000269. The van der Waals surface area contributed by atoms with Gasteiger partial charge in [0.25, 0.3) is 0 Å². The molecule has 1 nitrogen and oxygen atoms in total. The van der Waals surface area contributed by atoms with Crippen LogP contribution in [0.4, 0.5) is 0 Å². The summed E-state index contributed by atoms with van der Waals surface area (Å²) in [6, 6.07) is 0. The van der Waals surface area contributed by atoms with Crippen molar-refractivity contribution in [3.05, 3.63) is 0 Å². The molecule has 0 N–H and O–H groups in total. The molecule has 1 heterocycles. The Labute approximate surface area is 81.1 Å². The summed E-state index contributed by atoms with van der Waals surface area (Å²) in [6.45, 7) is 2.46. The fraction of sp³-hybridized carbons (Fsp3) is 0.600. The van der Waals surface area contributed by atoms with Crippen LogP contribution < -0.4 is 0 Å². The van der Waals surface area contributed by atoms with Gasteiger partial charge in [-0.3, -0.25) is 4.31 Å². The van der Waals surface area contributed by atoms with Gasteiger partial charge in [-0.1, -0.05) is 12.8 Å². The van der Waals surface area contributed by atoms with E-state index in [0.717, 1.165) is 5.41 Å². The summed E-state index contributed by atoms with van der Waals surface area (Å²) in [6.07, 6.45) is 20.3. The quantitative estimate of drug-likeness (QED) is 0.441.